The van der Waals surface area contributed by atoms with Crippen molar-refractivity contribution in [2.75, 3.05) is 38.8 Å². The van der Waals surface area contributed by atoms with Gasteiger partial charge >= 0.3 is 0 Å². The molecule has 1 aromatic heterocycles. The van der Waals surface area contributed by atoms with Gasteiger partial charge in [-0.15, -0.1) is 0 Å². The van der Waals surface area contributed by atoms with Gasteiger partial charge in [0.2, 0.25) is 0 Å². The summed E-state index contributed by atoms with van der Waals surface area (Å²) >= 11 is -1.95. The molecule has 0 bridgehead atoms. The lowest BCUT2D eigenvalue weighted by molar-refractivity contribution is -0.0397. The summed E-state index contributed by atoms with van der Waals surface area (Å²) in [4.78, 5) is 6.49. The van der Waals surface area contributed by atoms with Gasteiger partial charge in [0.25, 0.3) is 5.92 Å². The van der Waals surface area contributed by atoms with Gasteiger partial charge in [0, 0.05) is 49.1 Å². The first-order chi connectivity index (χ1) is 15.1. The Kier molecular flexibility index (Phi) is 5.73. The first kappa shape index (κ1) is 22.6. The second kappa shape index (κ2) is 8.10. The van der Waals surface area contributed by atoms with E-state index in [-0.39, 0.29) is 11.5 Å². The summed E-state index contributed by atoms with van der Waals surface area (Å²) in [6.07, 6.45) is 2.80. The van der Waals surface area contributed by atoms with E-state index < -0.39 is 23.6 Å². The molecule has 1 aliphatic carbocycles. The largest absolute Gasteiger partial charge is 0.493 e. The van der Waals surface area contributed by atoms with Crippen molar-refractivity contribution in [1.82, 2.24) is 9.29 Å². The van der Waals surface area contributed by atoms with Crippen LogP contribution in [0.15, 0.2) is 18.3 Å². The lowest BCUT2D eigenvalue weighted by Crippen LogP contribution is -2.67. The van der Waals surface area contributed by atoms with Gasteiger partial charge in [0.05, 0.1) is 37.5 Å². The van der Waals surface area contributed by atoms with Crippen LogP contribution in [0.4, 0.5) is 14.5 Å². The Bertz CT molecular complexity index is 1100. The van der Waals surface area contributed by atoms with Gasteiger partial charge in [-0.3, -0.25) is 4.98 Å². The van der Waals surface area contributed by atoms with Crippen LogP contribution in [-0.2, 0) is 11.2 Å². The number of anilines is 1. The number of methoxy groups -OCH3 is 2. The fraction of sp³-hybridized carbons (Fsp3) is 0.524. The Balaban J connectivity index is 1.56. The van der Waals surface area contributed by atoms with E-state index in [0.717, 1.165) is 18.0 Å². The highest BCUT2D eigenvalue weighted by atomic mass is 32.2. The maximum absolute atomic E-state index is 13.5. The summed E-state index contributed by atoms with van der Waals surface area (Å²) in [7, 11) is 3.09. The number of nitrogens with two attached hydrogens (primary N) is 1. The van der Waals surface area contributed by atoms with Crippen LogP contribution in [0.25, 0.3) is 10.9 Å². The van der Waals surface area contributed by atoms with E-state index in [1.54, 1.807) is 26.5 Å². The standard InChI is InChI=1S/C21H25F2N5O3S/c1-20(22,23)10-28(32(25)29)14-6-21(7-14)11-27(12-21)19-13(8-24)9-26-16-5-18(31-3)17(30-2)4-15(16)19/h4-5,9,14H,6-7,10-12,25H2,1-3H3. The predicted octanol–water partition coefficient (Wildman–Crippen LogP) is 2.59. The lowest BCUT2D eigenvalue weighted by atomic mass is 9.60. The van der Waals surface area contributed by atoms with Crippen molar-refractivity contribution < 1.29 is 22.5 Å². The molecule has 8 nitrogen and oxygen atoms in total. The summed E-state index contributed by atoms with van der Waals surface area (Å²) in [5.74, 6) is -1.88. The minimum Gasteiger partial charge on any atom is -0.493 e. The van der Waals surface area contributed by atoms with Crippen LogP contribution in [0.2, 0.25) is 0 Å². The normalized spacial score (nSPS) is 18.9. The number of halogens is 2. The summed E-state index contributed by atoms with van der Waals surface area (Å²) < 4.78 is 50.7. The molecule has 2 aromatic rings. The van der Waals surface area contributed by atoms with Gasteiger partial charge in [0.15, 0.2) is 22.7 Å². The molecular formula is C21H25F2N5O3S. The molecule has 2 aliphatic rings. The molecule has 1 aromatic carbocycles. The van der Waals surface area contributed by atoms with Crippen molar-refractivity contribution in [3.05, 3.63) is 23.9 Å². The second-order valence-electron chi connectivity index (χ2n) is 8.70. The van der Waals surface area contributed by atoms with Crippen molar-refractivity contribution in [2.45, 2.75) is 31.7 Å². The maximum atomic E-state index is 13.5. The molecule has 1 unspecified atom stereocenters. The number of nitriles is 1. The number of hydrogen-bond acceptors (Lipinski definition) is 6. The van der Waals surface area contributed by atoms with E-state index in [9.17, 15) is 18.3 Å². The van der Waals surface area contributed by atoms with Gasteiger partial charge in [-0.05, 0) is 18.9 Å². The Hall–Kier alpha value is -2.55. The second-order valence-corrected chi connectivity index (χ2v) is 9.72. The van der Waals surface area contributed by atoms with E-state index in [4.69, 9.17) is 14.6 Å². The van der Waals surface area contributed by atoms with E-state index in [0.29, 0.717) is 48.5 Å². The number of benzene rings is 1. The average Bonchev–Trinajstić information content (AvgIpc) is 2.68. The number of nitrogens with zero attached hydrogens (tertiary/aromatic N) is 4. The van der Waals surface area contributed by atoms with Crippen molar-refractivity contribution >= 4 is 27.8 Å². The van der Waals surface area contributed by atoms with Crippen LogP contribution >= 0.6 is 0 Å². The molecule has 0 amide bonds. The van der Waals surface area contributed by atoms with Crippen LogP contribution in [0, 0.1) is 16.7 Å². The van der Waals surface area contributed by atoms with Crippen LogP contribution in [-0.4, -0.2) is 59.3 Å². The van der Waals surface area contributed by atoms with Crippen LogP contribution < -0.4 is 19.5 Å². The highest BCUT2D eigenvalue weighted by molar-refractivity contribution is 7.80. The number of alkyl halides is 2. The molecule has 1 saturated heterocycles. The summed E-state index contributed by atoms with van der Waals surface area (Å²) in [5.41, 5.74) is 1.83. The third-order valence-corrected chi connectivity index (χ3v) is 7.13. The number of aromatic nitrogens is 1. The van der Waals surface area contributed by atoms with Gasteiger partial charge in [-0.25, -0.2) is 22.4 Å². The molecule has 1 spiro atoms. The van der Waals surface area contributed by atoms with Gasteiger partial charge in [0.1, 0.15) is 6.07 Å². The molecule has 2 heterocycles. The molecule has 11 heteroatoms. The van der Waals surface area contributed by atoms with Gasteiger partial charge in [-0.1, -0.05) is 0 Å². The summed E-state index contributed by atoms with van der Waals surface area (Å²) in [6.45, 7) is 1.50. The smallest absolute Gasteiger partial charge is 0.258 e. The third kappa shape index (κ3) is 3.98. The molecule has 4 rings (SSSR count). The highest BCUT2D eigenvalue weighted by Gasteiger charge is 2.55. The molecular weight excluding hydrogens is 440 g/mol. The number of ether oxygens (including phenoxy) is 2. The monoisotopic (exact) mass is 465 g/mol. The Morgan fingerprint density at radius 1 is 1.34 bits per heavy atom. The third-order valence-electron chi connectivity index (χ3n) is 6.24. The zero-order valence-electron chi connectivity index (χ0n) is 18.1. The molecule has 1 atom stereocenters. The fourth-order valence-corrected chi connectivity index (χ4v) is 5.66. The molecule has 172 valence electrons. The van der Waals surface area contributed by atoms with E-state index in [1.165, 1.54) is 4.31 Å². The van der Waals surface area contributed by atoms with E-state index >= 15 is 0 Å². The summed E-state index contributed by atoms with van der Waals surface area (Å²) in [6, 6.07) is 5.55. The topological polar surface area (TPSA) is 105 Å². The maximum Gasteiger partial charge on any atom is 0.258 e. The number of rotatable bonds is 7. The first-order valence-electron chi connectivity index (χ1n) is 10.1. The van der Waals surface area contributed by atoms with Crippen molar-refractivity contribution in [3.8, 4) is 17.6 Å². The quantitative estimate of drug-likeness (QED) is 0.674. The summed E-state index contributed by atoms with van der Waals surface area (Å²) in [5, 5.41) is 15.9. The van der Waals surface area contributed by atoms with Crippen molar-refractivity contribution in [3.63, 3.8) is 0 Å². The molecule has 1 saturated carbocycles. The Morgan fingerprint density at radius 3 is 2.50 bits per heavy atom. The predicted molar refractivity (Wildman–Crippen MR) is 117 cm³/mol. The minimum atomic E-state index is -2.97. The van der Waals surface area contributed by atoms with Crippen molar-refractivity contribution in [2.24, 2.45) is 10.6 Å². The fourth-order valence-electron chi connectivity index (χ4n) is 4.86. The average molecular weight is 466 g/mol. The SMILES string of the molecule is COc1cc2ncc(C#N)c(N3CC4(CC(N(CC(C)(F)F)S(N)=O)C4)C3)c2cc1OC. The van der Waals surface area contributed by atoms with E-state index in [1.807, 2.05) is 6.07 Å². The van der Waals surface area contributed by atoms with Crippen LogP contribution in [0.5, 0.6) is 11.5 Å². The van der Waals surface area contributed by atoms with E-state index in [2.05, 4.69) is 16.0 Å². The minimum absolute atomic E-state index is 0.0653. The zero-order chi connectivity index (χ0) is 23.3. The molecule has 32 heavy (non-hydrogen) atoms. The van der Waals surface area contributed by atoms with Crippen molar-refractivity contribution in [1.29, 1.82) is 5.26 Å². The lowest BCUT2D eigenvalue weighted by Gasteiger charge is -2.61. The number of hydrogen-bond donors (Lipinski definition) is 1. The van der Waals surface area contributed by atoms with Gasteiger partial charge < -0.3 is 14.4 Å². The number of fused-ring (bicyclic) bond motifs is 1. The first-order valence-corrected chi connectivity index (χ1v) is 11.3. The molecule has 2 N–H and O–H groups in total. The Morgan fingerprint density at radius 2 is 1.97 bits per heavy atom. The van der Waals surface area contributed by atoms with Crippen LogP contribution in [0.1, 0.15) is 25.3 Å². The Labute approximate surface area is 187 Å². The van der Waals surface area contributed by atoms with Crippen LogP contribution in [0.3, 0.4) is 0 Å². The zero-order valence-corrected chi connectivity index (χ0v) is 18.9. The molecule has 2 fully saturated rings. The highest BCUT2D eigenvalue weighted by Crippen LogP contribution is 2.53. The molecule has 0 radical (unpaired) electrons. The number of pyridine rings is 1. The van der Waals surface area contributed by atoms with Gasteiger partial charge in [-0.2, -0.15) is 5.26 Å². The molecule has 1 aliphatic heterocycles.